The van der Waals surface area contributed by atoms with Gasteiger partial charge in [0.25, 0.3) is 0 Å². The van der Waals surface area contributed by atoms with E-state index >= 15 is 0 Å². The van der Waals surface area contributed by atoms with Crippen molar-refractivity contribution in [2.75, 3.05) is 0 Å². The van der Waals surface area contributed by atoms with Crippen LogP contribution in [0.2, 0.25) is 0 Å². The molecule has 0 aliphatic heterocycles. The molecule has 6 nitrogen and oxygen atoms in total. The van der Waals surface area contributed by atoms with E-state index in [9.17, 15) is 0 Å². The Bertz CT molecular complexity index is 618. The quantitative estimate of drug-likeness (QED) is 0.901. The van der Waals surface area contributed by atoms with Crippen LogP contribution in [-0.4, -0.2) is 25.8 Å². The molecule has 0 amide bonds. The Kier molecular flexibility index (Phi) is 3.40. The van der Waals surface area contributed by atoms with E-state index < -0.39 is 0 Å². The maximum absolute atomic E-state index is 5.84. The molecule has 20 heavy (non-hydrogen) atoms. The van der Waals surface area contributed by atoms with E-state index in [-0.39, 0.29) is 0 Å². The summed E-state index contributed by atoms with van der Waals surface area (Å²) in [5.41, 5.74) is 2.73. The lowest BCUT2D eigenvalue weighted by Crippen LogP contribution is -2.16. The van der Waals surface area contributed by atoms with Crippen molar-refractivity contribution in [3.05, 3.63) is 29.5 Å². The number of ether oxygens (including phenoxy) is 1. The fraction of sp³-hybridized carbons (Fsp3) is 0.500. The number of aryl methyl sites for hydroxylation is 2. The number of hydrogen-bond acceptors (Lipinski definition) is 5. The maximum Gasteiger partial charge on any atom is 0.238 e. The fourth-order valence-corrected chi connectivity index (χ4v) is 2.06. The Balaban J connectivity index is 1.74. The molecule has 0 spiro atoms. The number of hydrogen-bond donors (Lipinski definition) is 1. The van der Waals surface area contributed by atoms with Crippen LogP contribution in [0.5, 0.6) is 11.6 Å². The van der Waals surface area contributed by atoms with Crippen LogP contribution in [0.1, 0.15) is 29.9 Å². The first kappa shape index (κ1) is 13.1. The SMILES string of the molecule is Cc1nn(C)c(C)c1Oc1cncc(CNC2CC2)n1. The van der Waals surface area contributed by atoms with Gasteiger partial charge in [-0.25, -0.2) is 4.98 Å². The van der Waals surface area contributed by atoms with Gasteiger partial charge in [0.1, 0.15) is 5.69 Å². The predicted octanol–water partition coefficient (Wildman–Crippen LogP) is 1.87. The van der Waals surface area contributed by atoms with E-state index in [4.69, 9.17) is 4.74 Å². The van der Waals surface area contributed by atoms with Gasteiger partial charge in [-0.2, -0.15) is 5.10 Å². The molecular formula is C14H19N5O. The number of aromatic nitrogens is 4. The first-order chi connectivity index (χ1) is 9.63. The molecule has 2 aromatic rings. The van der Waals surface area contributed by atoms with Crippen molar-refractivity contribution in [1.29, 1.82) is 0 Å². The van der Waals surface area contributed by atoms with Gasteiger partial charge in [0, 0.05) is 25.8 Å². The molecule has 1 N–H and O–H groups in total. The average molecular weight is 273 g/mol. The minimum atomic E-state index is 0.513. The molecule has 1 fully saturated rings. The van der Waals surface area contributed by atoms with Crippen molar-refractivity contribution in [2.24, 2.45) is 7.05 Å². The van der Waals surface area contributed by atoms with Crippen molar-refractivity contribution < 1.29 is 4.74 Å². The van der Waals surface area contributed by atoms with Crippen molar-refractivity contribution >= 4 is 0 Å². The molecule has 1 aliphatic carbocycles. The maximum atomic E-state index is 5.84. The summed E-state index contributed by atoms with van der Waals surface area (Å²) in [7, 11) is 1.90. The molecule has 0 saturated heterocycles. The summed E-state index contributed by atoms with van der Waals surface area (Å²) in [6.07, 6.45) is 5.92. The molecule has 0 radical (unpaired) electrons. The van der Waals surface area contributed by atoms with Gasteiger partial charge in [-0.1, -0.05) is 0 Å². The van der Waals surface area contributed by atoms with Gasteiger partial charge in [0.2, 0.25) is 5.88 Å². The molecule has 2 heterocycles. The standard InChI is InChI=1S/C14H19N5O/c1-9-14(10(2)19(3)18-9)20-13-8-15-6-12(17-13)7-16-11-4-5-11/h6,8,11,16H,4-5,7H2,1-3H3. The highest BCUT2D eigenvalue weighted by Crippen LogP contribution is 2.26. The number of rotatable bonds is 5. The summed E-state index contributed by atoms with van der Waals surface area (Å²) >= 11 is 0. The zero-order valence-electron chi connectivity index (χ0n) is 12.1. The van der Waals surface area contributed by atoms with E-state index in [1.54, 1.807) is 17.1 Å². The van der Waals surface area contributed by atoms with Crippen molar-refractivity contribution in [3.63, 3.8) is 0 Å². The summed E-state index contributed by atoms with van der Waals surface area (Å²) in [4.78, 5) is 8.67. The van der Waals surface area contributed by atoms with Gasteiger partial charge >= 0.3 is 0 Å². The lowest BCUT2D eigenvalue weighted by atomic mass is 10.3. The van der Waals surface area contributed by atoms with Crippen LogP contribution in [-0.2, 0) is 13.6 Å². The molecule has 0 aromatic carbocycles. The summed E-state index contributed by atoms with van der Waals surface area (Å²) in [6, 6.07) is 0.657. The average Bonchev–Trinajstić information content (AvgIpc) is 3.22. The lowest BCUT2D eigenvalue weighted by Gasteiger charge is -2.07. The molecule has 1 saturated carbocycles. The highest BCUT2D eigenvalue weighted by molar-refractivity contribution is 5.34. The molecule has 2 aromatic heterocycles. The van der Waals surface area contributed by atoms with E-state index in [2.05, 4.69) is 20.4 Å². The lowest BCUT2D eigenvalue weighted by molar-refractivity contribution is 0.449. The smallest absolute Gasteiger partial charge is 0.238 e. The zero-order chi connectivity index (χ0) is 14.1. The van der Waals surface area contributed by atoms with Crippen LogP contribution in [0.15, 0.2) is 12.4 Å². The Morgan fingerprint density at radius 2 is 2.15 bits per heavy atom. The molecule has 1 aliphatic rings. The Labute approximate surface area is 118 Å². The van der Waals surface area contributed by atoms with Crippen LogP contribution in [0.25, 0.3) is 0 Å². The Morgan fingerprint density at radius 3 is 2.80 bits per heavy atom. The van der Waals surface area contributed by atoms with Gasteiger partial charge in [-0.15, -0.1) is 0 Å². The van der Waals surface area contributed by atoms with Gasteiger partial charge in [0.05, 0.1) is 17.6 Å². The second-order valence-electron chi connectivity index (χ2n) is 5.23. The second kappa shape index (κ2) is 5.20. The monoisotopic (exact) mass is 273 g/mol. The van der Waals surface area contributed by atoms with Crippen LogP contribution in [0.3, 0.4) is 0 Å². The summed E-state index contributed by atoms with van der Waals surface area (Å²) < 4.78 is 7.64. The highest BCUT2D eigenvalue weighted by Gasteiger charge is 2.20. The minimum absolute atomic E-state index is 0.513. The van der Waals surface area contributed by atoms with Crippen LogP contribution >= 0.6 is 0 Å². The molecular weight excluding hydrogens is 254 g/mol. The topological polar surface area (TPSA) is 64.9 Å². The molecule has 106 valence electrons. The Morgan fingerprint density at radius 1 is 1.35 bits per heavy atom. The molecule has 3 rings (SSSR count). The fourth-order valence-electron chi connectivity index (χ4n) is 2.06. The van der Waals surface area contributed by atoms with E-state index in [0.29, 0.717) is 11.9 Å². The van der Waals surface area contributed by atoms with Crippen molar-refractivity contribution in [2.45, 2.75) is 39.3 Å². The second-order valence-corrected chi connectivity index (χ2v) is 5.23. The summed E-state index contributed by atoms with van der Waals surface area (Å²) in [5.74, 6) is 1.27. The molecule has 0 atom stereocenters. The summed E-state index contributed by atoms with van der Waals surface area (Å²) in [6.45, 7) is 4.63. The largest absolute Gasteiger partial charge is 0.434 e. The third-order valence-electron chi connectivity index (χ3n) is 3.46. The number of nitrogens with zero attached hydrogens (tertiary/aromatic N) is 4. The Hall–Kier alpha value is -1.95. The molecule has 6 heteroatoms. The van der Waals surface area contributed by atoms with Crippen LogP contribution in [0.4, 0.5) is 0 Å². The molecule has 0 unspecified atom stereocenters. The first-order valence-corrected chi connectivity index (χ1v) is 6.86. The van der Waals surface area contributed by atoms with Gasteiger partial charge in [-0.3, -0.25) is 9.67 Å². The minimum Gasteiger partial charge on any atom is -0.434 e. The van der Waals surface area contributed by atoms with E-state index in [0.717, 1.165) is 29.4 Å². The molecule has 0 bridgehead atoms. The third-order valence-corrected chi connectivity index (χ3v) is 3.46. The highest BCUT2D eigenvalue weighted by atomic mass is 16.5. The first-order valence-electron chi connectivity index (χ1n) is 6.86. The van der Waals surface area contributed by atoms with Gasteiger partial charge in [0.15, 0.2) is 5.75 Å². The van der Waals surface area contributed by atoms with Crippen molar-refractivity contribution in [3.8, 4) is 11.6 Å². The van der Waals surface area contributed by atoms with E-state index in [1.165, 1.54) is 12.8 Å². The predicted molar refractivity (Wildman–Crippen MR) is 74.6 cm³/mol. The van der Waals surface area contributed by atoms with Gasteiger partial charge < -0.3 is 10.1 Å². The van der Waals surface area contributed by atoms with Crippen LogP contribution in [0, 0.1) is 13.8 Å². The van der Waals surface area contributed by atoms with Crippen molar-refractivity contribution in [1.82, 2.24) is 25.1 Å². The van der Waals surface area contributed by atoms with Crippen LogP contribution < -0.4 is 10.1 Å². The van der Waals surface area contributed by atoms with E-state index in [1.807, 2.05) is 20.9 Å². The van der Waals surface area contributed by atoms with Gasteiger partial charge in [-0.05, 0) is 26.7 Å². The number of nitrogens with one attached hydrogen (secondary N) is 1. The zero-order valence-corrected chi connectivity index (χ0v) is 12.1. The summed E-state index contributed by atoms with van der Waals surface area (Å²) in [5, 5.41) is 7.74. The normalized spacial score (nSPS) is 14.6. The third kappa shape index (κ3) is 2.80.